The summed E-state index contributed by atoms with van der Waals surface area (Å²) in [5.41, 5.74) is 0. The van der Waals surface area contributed by atoms with Gasteiger partial charge in [0.25, 0.3) is 0 Å². The lowest BCUT2D eigenvalue weighted by Gasteiger charge is -2.38. The van der Waals surface area contributed by atoms with Crippen molar-refractivity contribution in [3.05, 3.63) is 0 Å². The molecule has 1 aliphatic rings. The molecule has 1 fully saturated rings. The first-order chi connectivity index (χ1) is 7.63. The van der Waals surface area contributed by atoms with Crippen LogP contribution < -0.4 is 0 Å². The molecule has 1 aliphatic heterocycles. The van der Waals surface area contributed by atoms with Crippen molar-refractivity contribution in [3.63, 3.8) is 0 Å². The summed E-state index contributed by atoms with van der Waals surface area (Å²) in [6, 6.07) is 1.53. The van der Waals surface area contributed by atoms with Crippen molar-refractivity contribution in [2.45, 2.75) is 84.7 Å². The molecule has 0 N–H and O–H groups in total. The monoisotopic (exact) mass is 225 g/mol. The van der Waals surface area contributed by atoms with E-state index in [4.69, 9.17) is 0 Å². The van der Waals surface area contributed by atoms with Gasteiger partial charge >= 0.3 is 0 Å². The molecule has 0 spiro atoms. The fraction of sp³-hybridized carbons (Fsp3) is 1.00. The van der Waals surface area contributed by atoms with Crippen LogP contribution in [0.25, 0.3) is 0 Å². The quantitative estimate of drug-likeness (QED) is 0.670. The van der Waals surface area contributed by atoms with E-state index < -0.39 is 0 Å². The van der Waals surface area contributed by atoms with Crippen LogP contribution in [0.5, 0.6) is 0 Å². The van der Waals surface area contributed by atoms with Gasteiger partial charge in [0.15, 0.2) is 0 Å². The van der Waals surface area contributed by atoms with E-state index in [1.165, 1.54) is 51.5 Å². The van der Waals surface area contributed by atoms with Gasteiger partial charge in [0.05, 0.1) is 0 Å². The van der Waals surface area contributed by atoms with Crippen molar-refractivity contribution < 1.29 is 0 Å². The van der Waals surface area contributed by atoms with Gasteiger partial charge in [-0.15, -0.1) is 0 Å². The molecule has 1 saturated heterocycles. The average molecular weight is 225 g/mol. The second-order valence-electron chi connectivity index (χ2n) is 6.05. The van der Waals surface area contributed by atoms with E-state index in [1.807, 2.05) is 0 Å². The lowest BCUT2D eigenvalue weighted by atomic mass is 9.93. The van der Waals surface area contributed by atoms with Crippen molar-refractivity contribution in [1.29, 1.82) is 0 Å². The van der Waals surface area contributed by atoms with E-state index in [0.717, 1.165) is 12.0 Å². The van der Waals surface area contributed by atoms with Crippen LogP contribution in [0.4, 0.5) is 0 Å². The topological polar surface area (TPSA) is 3.24 Å². The van der Waals surface area contributed by atoms with E-state index in [2.05, 4.69) is 32.6 Å². The van der Waals surface area contributed by atoms with E-state index in [1.54, 1.807) is 0 Å². The minimum absolute atomic E-state index is 0.715. The van der Waals surface area contributed by atoms with Gasteiger partial charge in [-0.05, 0) is 39.2 Å². The first-order valence-corrected chi connectivity index (χ1v) is 7.38. The third-order valence-electron chi connectivity index (χ3n) is 4.03. The zero-order valence-electron chi connectivity index (χ0n) is 11.8. The van der Waals surface area contributed by atoms with Crippen LogP contribution in [0, 0.1) is 5.92 Å². The molecule has 96 valence electrons. The molecule has 0 aromatic heterocycles. The van der Waals surface area contributed by atoms with E-state index >= 15 is 0 Å². The van der Waals surface area contributed by atoms with Crippen molar-refractivity contribution in [3.8, 4) is 0 Å². The van der Waals surface area contributed by atoms with Gasteiger partial charge in [-0.25, -0.2) is 0 Å². The van der Waals surface area contributed by atoms with Gasteiger partial charge in [-0.3, -0.25) is 4.90 Å². The third kappa shape index (κ3) is 4.45. The van der Waals surface area contributed by atoms with Gasteiger partial charge in [0.2, 0.25) is 0 Å². The maximum atomic E-state index is 2.76. The maximum absolute atomic E-state index is 2.76. The molecule has 1 nitrogen and oxygen atoms in total. The second kappa shape index (κ2) is 7.32. The summed E-state index contributed by atoms with van der Waals surface area (Å²) in [7, 11) is 0. The average Bonchev–Trinajstić information content (AvgIpc) is 2.24. The summed E-state index contributed by atoms with van der Waals surface area (Å²) in [5.74, 6) is 0.807. The van der Waals surface area contributed by atoms with Crippen LogP contribution in [-0.2, 0) is 0 Å². The Balaban J connectivity index is 2.61. The molecule has 0 radical (unpaired) electrons. The van der Waals surface area contributed by atoms with Crippen LogP contribution >= 0.6 is 0 Å². The van der Waals surface area contributed by atoms with Crippen molar-refractivity contribution in [2.75, 3.05) is 6.54 Å². The maximum Gasteiger partial charge on any atom is 0.0121 e. The summed E-state index contributed by atoms with van der Waals surface area (Å²) >= 11 is 0. The van der Waals surface area contributed by atoms with Gasteiger partial charge in [0.1, 0.15) is 0 Å². The predicted octanol–water partition coefficient (Wildman–Crippen LogP) is 4.47. The lowest BCUT2D eigenvalue weighted by Crippen LogP contribution is -2.44. The van der Waals surface area contributed by atoms with Crippen LogP contribution in [-0.4, -0.2) is 23.5 Å². The molecule has 16 heavy (non-hydrogen) atoms. The summed E-state index contributed by atoms with van der Waals surface area (Å²) in [4.78, 5) is 2.76. The minimum atomic E-state index is 0.715. The molecule has 1 heterocycles. The Labute approximate surface area is 103 Å². The number of rotatable bonds is 2. The number of hydrogen-bond acceptors (Lipinski definition) is 1. The van der Waals surface area contributed by atoms with E-state index in [-0.39, 0.29) is 0 Å². The highest BCUT2D eigenvalue weighted by Crippen LogP contribution is 2.23. The highest BCUT2D eigenvalue weighted by molar-refractivity contribution is 4.78. The van der Waals surface area contributed by atoms with Crippen molar-refractivity contribution >= 4 is 0 Å². The molecular formula is C15H31N. The Morgan fingerprint density at radius 3 is 1.94 bits per heavy atom. The normalized spacial score (nSPS) is 26.2. The molecule has 0 amide bonds. The molecule has 0 saturated carbocycles. The molecule has 1 heteroatoms. The summed E-state index contributed by atoms with van der Waals surface area (Å²) in [5, 5.41) is 0. The highest BCUT2D eigenvalue weighted by atomic mass is 15.2. The molecule has 1 rings (SSSR count). The number of hydrogen-bond donors (Lipinski definition) is 0. The van der Waals surface area contributed by atoms with Crippen LogP contribution in [0.1, 0.15) is 72.6 Å². The molecule has 0 aromatic rings. The van der Waals surface area contributed by atoms with Crippen molar-refractivity contribution in [1.82, 2.24) is 4.90 Å². The fourth-order valence-electron chi connectivity index (χ4n) is 3.04. The molecule has 1 unspecified atom stereocenters. The summed E-state index contributed by atoms with van der Waals surface area (Å²) in [6.07, 6.45) is 10.1. The third-order valence-corrected chi connectivity index (χ3v) is 4.03. The molecule has 0 aliphatic carbocycles. The Hall–Kier alpha value is -0.0400. The highest BCUT2D eigenvalue weighted by Gasteiger charge is 2.23. The van der Waals surface area contributed by atoms with Gasteiger partial charge in [-0.2, -0.15) is 0 Å². The zero-order valence-corrected chi connectivity index (χ0v) is 11.8. The van der Waals surface area contributed by atoms with Gasteiger partial charge < -0.3 is 0 Å². The molecular weight excluding hydrogens is 194 g/mol. The van der Waals surface area contributed by atoms with Gasteiger partial charge in [-0.1, -0.05) is 46.0 Å². The standard InChI is InChI=1S/C15H31N/c1-13(2)15-11-9-7-5-6-8-10-12-16(15)14(3)4/h13-15H,5-12H2,1-4H3. The summed E-state index contributed by atoms with van der Waals surface area (Å²) < 4.78 is 0. The Bertz CT molecular complexity index is 154. The Morgan fingerprint density at radius 2 is 1.38 bits per heavy atom. The fourth-order valence-corrected chi connectivity index (χ4v) is 3.04. The predicted molar refractivity (Wildman–Crippen MR) is 72.8 cm³/mol. The van der Waals surface area contributed by atoms with Crippen molar-refractivity contribution in [2.24, 2.45) is 5.92 Å². The van der Waals surface area contributed by atoms with E-state index in [9.17, 15) is 0 Å². The van der Waals surface area contributed by atoms with Crippen LogP contribution in [0.3, 0.4) is 0 Å². The molecule has 1 atom stereocenters. The van der Waals surface area contributed by atoms with Crippen LogP contribution in [0.15, 0.2) is 0 Å². The number of nitrogens with zero attached hydrogens (tertiary/aromatic N) is 1. The van der Waals surface area contributed by atoms with Crippen LogP contribution in [0.2, 0.25) is 0 Å². The second-order valence-corrected chi connectivity index (χ2v) is 6.05. The Morgan fingerprint density at radius 1 is 0.812 bits per heavy atom. The Kier molecular flexibility index (Phi) is 6.41. The largest absolute Gasteiger partial charge is 0.298 e. The minimum Gasteiger partial charge on any atom is -0.298 e. The SMILES string of the molecule is CC(C)C1CCCCCCCCN1C(C)C. The smallest absolute Gasteiger partial charge is 0.0121 e. The van der Waals surface area contributed by atoms with E-state index in [0.29, 0.717) is 6.04 Å². The zero-order chi connectivity index (χ0) is 12.0. The molecule has 0 bridgehead atoms. The summed E-state index contributed by atoms with van der Waals surface area (Å²) in [6.45, 7) is 10.8. The lowest BCUT2D eigenvalue weighted by molar-refractivity contribution is 0.103. The first kappa shape index (κ1) is 14.0. The first-order valence-electron chi connectivity index (χ1n) is 7.38. The van der Waals surface area contributed by atoms with Gasteiger partial charge in [0, 0.05) is 12.1 Å². The molecule has 0 aromatic carbocycles.